The molecule has 1 aromatic carbocycles. The van der Waals surface area contributed by atoms with Gasteiger partial charge >= 0.3 is 0 Å². The van der Waals surface area contributed by atoms with Crippen molar-refractivity contribution in [2.75, 3.05) is 6.61 Å². The van der Waals surface area contributed by atoms with E-state index in [0.717, 1.165) is 18.6 Å². The molecule has 0 fully saturated rings. The maximum Gasteiger partial charge on any atom is 0.115 e. The van der Waals surface area contributed by atoms with Crippen LogP contribution in [-0.2, 0) is 11.3 Å². The lowest BCUT2D eigenvalue weighted by molar-refractivity contribution is 0.116. The predicted octanol–water partition coefficient (Wildman–Crippen LogP) is 5.83. The zero-order valence-corrected chi connectivity index (χ0v) is 13.7. The standard InChI is InChI=1S/C19H32O2/c1-2-3-4-5-6-7-8-9-10-11-16-21-17-18-12-14-19(20)15-13-18/h12-15,20H,2-11,16-17H2,1H3. The van der Waals surface area contributed by atoms with Crippen molar-refractivity contribution in [3.63, 3.8) is 0 Å². The first kappa shape index (κ1) is 18.0. The Morgan fingerprint density at radius 3 is 1.86 bits per heavy atom. The fourth-order valence-electron chi connectivity index (χ4n) is 2.47. The van der Waals surface area contributed by atoms with E-state index in [-0.39, 0.29) is 0 Å². The number of unbranched alkanes of at least 4 members (excludes halogenated alkanes) is 9. The van der Waals surface area contributed by atoms with Crippen LogP contribution < -0.4 is 0 Å². The first-order chi connectivity index (χ1) is 10.3. The summed E-state index contributed by atoms with van der Waals surface area (Å²) in [6, 6.07) is 7.24. The van der Waals surface area contributed by atoms with E-state index in [9.17, 15) is 5.11 Å². The summed E-state index contributed by atoms with van der Waals surface area (Å²) in [5, 5.41) is 9.19. The minimum absolute atomic E-state index is 0.313. The van der Waals surface area contributed by atoms with Crippen LogP contribution in [0, 0.1) is 0 Å². The van der Waals surface area contributed by atoms with E-state index in [2.05, 4.69) is 6.92 Å². The summed E-state index contributed by atoms with van der Waals surface area (Å²) in [4.78, 5) is 0. The lowest BCUT2D eigenvalue weighted by Crippen LogP contribution is -1.95. The smallest absolute Gasteiger partial charge is 0.115 e. The van der Waals surface area contributed by atoms with E-state index >= 15 is 0 Å². The molecule has 0 atom stereocenters. The molecular formula is C19H32O2. The Kier molecular flexibility index (Phi) is 10.9. The number of hydrogen-bond acceptors (Lipinski definition) is 2. The summed E-state index contributed by atoms with van der Waals surface area (Å²) in [6.45, 7) is 3.76. The minimum Gasteiger partial charge on any atom is -0.508 e. The summed E-state index contributed by atoms with van der Waals surface area (Å²) in [5.74, 6) is 0.313. The Hall–Kier alpha value is -1.02. The van der Waals surface area contributed by atoms with Gasteiger partial charge in [-0.05, 0) is 24.1 Å². The topological polar surface area (TPSA) is 29.5 Å². The molecule has 0 bridgehead atoms. The van der Waals surface area contributed by atoms with Gasteiger partial charge in [-0.3, -0.25) is 0 Å². The number of aromatic hydroxyl groups is 1. The van der Waals surface area contributed by atoms with Crippen molar-refractivity contribution in [2.45, 2.75) is 77.7 Å². The largest absolute Gasteiger partial charge is 0.508 e. The van der Waals surface area contributed by atoms with Gasteiger partial charge in [0.1, 0.15) is 5.75 Å². The fourth-order valence-corrected chi connectivity index (χ4v) is 2.47. The fraction of sp³-hybridized carbons (Fsp3) is 0.684. The van der Waals surface area contributed by atoms with Crippen LogP contribution >= 0.6 is 0 Å². The second-order valence-electron chi connectivity index (χ2n) is 5.90. The highest BCUT2D eigenvalue weighted by Crippen LogP contribution is 2.12. The van der Waals surface area contributed by atoms with Crippen LogP contribution in [0.3, 0.4) is 0 Å². The molecule has 1 aromatic rings. The second-order valence-corrected chi connectivity index (χ2v) is 5.90. The van der Waals surface area contributed by atoms with Gasteiger partial charge in [0.05, 0.1) is 6.61 Å². The van der Waals surface area contributed by atoms with Crippen molar-refractivity contribution in [1.29, 1.82) is 0 Å². The number of ether oxygens (including phenoxy) is 1. The molecule has 1 rings (SSSR count). The van der Waals surface area contributed by atoms with Gasteiger partial charge in [0.2, 0.25) is 0 Å². The zero-order valence-electron chi connectivity index (χ0n) is 13.7. The van der Waals surface area contributed by atoms with E-state index < -0.39 is 0 Å². The van der Waals surface area contributed by atoms with Gasteiger partial charge in [-0.25, -0.2) is 0 Å². The van der Waals surface area contributed by atoms with Crippen molar-refractivity contribution in [3.05, 3.63) is 29.8 Å². The highest BCUT2D eigenvalue weighted by molar-refractivity contribution is 5.25. The second kappa shape index (κ2) is 12.7. The number of phenols is 1. The molecule has 0 spiro atoms. The Labute approximate surface area is 130 Å². The molecule has 0 radical (unpaired) electrons. The average molecular weight is 292 g/mol. The third kappa shape index (κ3) is 10.4. The van der Waals surface area contributed by atoms with Gasteiger partial charge in [-0.15, -0.1) is 0 Å². The molecular weight excluding hydrogens is 260 g/mol. The van der Waals surface area contributed by atoms with E-state index in [1.165, 1.54) is 57.8 Å². The van der Waals surface area contributed by atoms with Crippen LogP contribution in [0.15, 0.2) is 24.3 Å². The van der Waals surface area contributed by atoms with Crippen LogP contribution in [-0.4, -0.2) is 11.7 Å². The Bertz CT molecular complexity index is 332. The summed E-state index contributed by atoms with van der Waals surface area (Å²) in [7, 11) is 0. The van der Waals surface area contributed by atoms with E-state index in [0.29, 0.717) is 12.4 Å². The van der Waals surface area contributed by atoms with Crippen molar-refractivity contribution < 1.29 is 9.84 Å². The molecule has 0 aliphatic carbocycles. The first-order valence-corrected chi connectivity index (χ1v) is 8.68. The van der Waals surface area contributed by atoms with Crippen LogP contribution in [0.2, 0.25) is 0 Å². The van der Waals surface area contributed by atoms with Gasteiger partial charge in [-0.2, -0.15) is 0 Å². The molecule has 0 aromatic heterocycles. The molecule has 1 N–H and O–H groups in total. The maximum absolute atomic E-state index is 9.19. The summed E-state index contributed by atoms with van der Waals surface area (Å²) in [6.07, 6.45) is 13.6. The molecule has 0 saturated heterocycles. The molecule has 0 amide bonds. The molecule has 2 heteroatoms. The third-order valence-corrected chi connectivity index (χ3v) is 3.85. The maximum atomic E-state index is 9.19. The highest BCUT2D eigenvalue weighted by atomic mass is 16.5. The van der Waals surface area contributed by atoms with Crippen molar-refractivity contribution in [2.24, 2.45) is 0 Å². The summed E-state index contributed by atoms with van der Waals surface area (Å²) >= 11 is 0. The van der Waals surface area contributed by atoms with Gasteiger partial charge < -0.3 is 9.84 Å². The highest BCUT2D eigenvalue weighted by Gasteiger charge is 1.95. The van der Waals surface area contributed by atoms with Crippen molar-refractivity contribution >= 4 is 0 Å². The molecule has 0 aliphatic heterocycles. The predicted molar refractivity (Wildman–Crippen MR) is 89.6 cm³/mol. The Morgan fingerprint density at radius 2 is 1.29 bits per heavy atom. The lowest BCUT2D eigenvalue weighted by Gasteiger charge is -2.05. The van der Waals surface area contributed by atoms with Crippen molar-refractivity contribution in [3.8, 4) is 5.75 Å². The molecule has 0 aliphatic rings. The quantitative estimate of drug-likeness (QED) is 0.463. The summed E-state index contributed by atoms with van der Waals surface area (Å²) < 4.78 is 5.65. The number of benzene rings is 1. The Morgan fingerprint density at radius 1 is 0.762 bits per heavy atom. The van der Waals surface area contributed by atoms with Crippen molar-refractivity contribution in [1.82, 2.24) is 0 Å². The minimum atomic E-state index is 0.313. The first-order valence-electron chi connectivity index (χ1n) is 8.68. The average Bonchev–Trinajstić information content (AvgIpc) is 2.50. The van der Waals surface area contributed by atoms with Gasteiger partial charge in [0, 0.05) is 6.61 Å². The van der Waals surface area contributed by atoms with Gasteiger partial charge in [-0.1, -0.05) is 76.8 Å². The van der Waals surface area contributed by atoms with Gasteiger partial charge in [0.15, 0.2) is 0 Å². The normalized spacial score (nSPS) is 10.9. The van der Waals surface area contributed by atoms with Crippen LogP contribution in [0.5, 0.6) is 5.75 Å². The SMILES string of the molecule is CCCCCCCCCCCCOCc1ccc(O)cc1. The van der Waals surface area contributed by atoms with Gasteiger partial charge in [0.25, 0.3) is 0 Å². The molecule has 2 nitrogen and oxygen atoms in total. The Balaban J connectivity index is 1.81. The molecule has 0 unspecified atom stereocenters. The summed E-state index contributed by atoms with van der Waals surface area (Å²) in [5.41, 5.74) is 1.12. The molecule has 21 heavy (non-hydrogen) atoms. The van der Waals surface area contributed by atoms with E-state index in [1.54, 1.807) is 12.1 Å². The molecule has 120 valence electrons. The van der Waals surface area contributed by atoms with E-state index in [4.69, 9.17) is 4.74 Å². The lowest BCUT2D eigenvalue weighted by atomic mass is 10.1. The van der Waals surface area contributed by atoms with Crippen LogP contribution in [0.4, 0.5) is 0 Å². The van der Waals surface area contributed by atoms with Crippen LogP contribution in [0.25, 0.3) is 0 Å². The zero-order chi connectivity index (χ0) is 15.2. The van der Waals surface area contributed by atoms with E-state index in [1.807, 2.05) is 12.1 Å². The molecule has 0 saturated carbocycles. The monoisotopic (exact) mass is 292 g/mol. The number of phenolic OH excluding ortho intramolecular Hbond substituents is 1. The molecule has 0 heterocycles. The number of hydrogen-bond donors (Lipinski definition) is 1. The van der Waals surface area contributed by atoms with Crippen LogP contribution in [0.1, 0.15) is 76.7 Å². The third-order valence-electron chi connectivity index (χ3n) is 3.85. The number of rotatable bonds is 13.